The molecule has 0 spiro atoms. The number of hydrogen-bond donors (Lipinski definition) is 0. The first kappa shape index (κ1) is 17.2. The van der Waals surface area contributed by atoms with E-state index in [1.165, 1.54) is 0 Å². The molecule has 0 aliphatic carbocycles. The lowest BCUT2D eigenvalue weighted by atomic mass is 10.1. The largest absolute Gasteiger partial charge is 0.301 e. The van der Waals surface area contributed by atoms with E-state index < -0.39 is 10.0 Å². The van der Waals surface area contributed by atoms with E-state index >= 15 is 0 Å². The average Bonchev–Trinajstić information content (AvgIpc) is 2.47. The lowest BCUT2D eigenvalue weighted by Crippen LogP contribution is -2.52. The van der Waals surface area contributed by atoms with Crippen molar-refractivity contribution in [3.05, 3.63) is 28.2 Å². The summed E-state index contributed by atoms with van der Waals surface area (Å²) in [6.07, 6.45) is 0.939. The molecule has 1 atom stereocenters. The highest BCUT2D eigenvalue weighted by atomic mass is 79.9. The van der Waals surface area contributed by atoms with Crippen molar-refractivity contribution in [1.29, 1.82) is 0 Å². The number of alkyl halides is 1. The number of likely N-dealkylation sites (N-methyl/N-ethyl adjacent to an activating group) is 1. The van der Waals surface area contributed by atoms with Crippen molar-refractivity contribution in [2.24, 2.45) is 0 Å². The van der Waals surface area contributed by atoms with Crippen LogP contribution in [0.25, 0.3) is 0 Å². The van der Waals surface area contributed by atoms with E-state index in [1.807, 2.05) is 7.05 Å². The monoisotopic (exact) mass is 394 g/mol. The van der Waals surface area contributed by atoms with Gasteiger partial charge in [-0.3, -0.25) is 0 Å². The van der Waals surface area contributed by atoms with Gasteiger partial charge in [0.05, 0.1) is 4.90 Å². The number of halogens is 2. The third-order valence-corrected chi connectivity index (χ3v) is 7.13. The molecule has 4 nitrogen and oxygen atoms in total. The summed E-state index contributed by atoms with van der Waals surface area (Å²) in [7, 11) is -1.42. The second-order valence-electron chi connectivity index (χ2n) is 5.30. The predicted molar refractivity (Wildman–Crippen MR) is 89.2 cm³/mol. The van der Waals surface area contributed by atoms with Crippen LogP contribution >= 0.6 is 27.5 Å². The number of rotatable bonds is 4. The molecular formula is C14H20BrClN2O2S. The Balaban J connectivity index is 2.30. The minimum absolute atomic E-state index is 0.273. The third-order valence-electron chi connectivity index (χ3n) is 3.98. The standard InChI is InChI=1S/C14H20BrClN2O2S/c1-3-12-10-18(7-6-17(12)2)21(19,20)14-5-4-11(9-16)8-13(14)15/h4-5,8,12H,3,6-7,9-10H2,1-2H3. The van der Waals surface area contributed by atoms with Crippen LogP contribution in [0, 0.1) is 0 Å². The molecular weight excluding hydrogens is 376 g/mol. The SMILES string of the molecule is CCC1CN(S(=O)(=O)c2ccc(CCl)cc2Br)CCN1C. The zero-order chi connectivity index (χ0) is 15.6. The van der Waals surface area contributed by atoms with Gasteiger partial charge in [0.15, 0.2) is 0 Å². The van der Waals surface area contributed by atoms with E-state index in [2.05, 4.69) is 27.8 Å². The average molecular weight is 396 g/mol. The fourth-order valence-electron chi connectivity index (χ4n) is 2.55. The molecule has 2 rings (SSSR count). The van der Waals surface area contributed by atoms with Crippen LogP contribution in [0.1, 0.15) is 18.9 Å². The van der Waals surface area contributed by atoms with Crippen LogP contribution in [0.4, 0.5) is 0 Å². The Morgan fingerprint density at radius 3 is 2.67 bits per heavy atom. The summed E-state index contributed by atoms with van der Waals surface area (Å²) in [5.74, 6) is 0.366. The second-order valence-corrected chi connectivity index (χ2v) is 8.33. The Hall–Kier alpha value is -0.140. The molecule has 1 heterocycles. The Bertz CT molecular complexity index is 609. The molecule has 21 heavy (non-hydrogen) atoms. The van der Waals surface area contributed by atoms with Gasteiger partial charge in [-0.1, -0.05) is 13.0 Å². The Morgan fingerprint density at radius 1 is 1.38 bits per heavy atom. The molecule has 0 aromatic heterocycles. The summed E-state index contributed by atoms with van der Waals surface area (Å²) >= 11 is 9.14. The number of nitrogens with zero attached hydrogens (tertiary/aromatic N) is 2. The summed E-state index contributed by atoms with van der Waals surface area (Å²) in [6, 6.07) is 5.44. The summed E-state index contributed by atoms with van der Waals surface area (Å²) in [4.78, 5) is 2.54. The van der Waals surface area contributed by atoms with E-state index in [4.69, 9.17) is 11.6 Å². The molecule has 1 aromatic carbocycles. The molecule has 0 bridgehead atoms. The zero-order valence-electron chi connectivity index (χ0n) is 12.2. The second kappa shape index (κ2) is 6.96. The quantitative estimate of drug-likeness (QED) is 0.736. The zero-order valence-corrected chi connectivity index (χ0v) is 15.4. The molecule has 1 aliphatic rings. The molecule has 1 fully saturated rings. The lowest BCUT2D eigenvalue weighted by molar-refractivity contribution is 0.144. The molecule has 0 amide bonds. The topological polar surface area (TPSA) is 40.6 Å². The van der Waals surface area contributed by atoms with E-state index in [-0.39, 0.29) is 6.04 Å². The van der Waals surface area contributed by atoms with Crippen molar-refractivity contribution < 1.29 is 8.42 Å². The van der Waals surface area contributed by atoms with Gasteiger partial charge < -0.3 is 4.90 Å². The molecule has 1 aromatic rings. The maximum Gasteiger partial charge on any atom is 0.244 e. The molecule has 1 aliphatic heterocycles. The van der Waals surface area contributed by atoms with Gasteiger partial charge in [0.2, 0.25) is 10.0 Å². The summed E-state index contributed by atoms with van der Waals surface area (Å²) in [5.41, 5.74) is 0.896. The van der Waals surface area contributed by atoms with Crippen LogP contribution in [0.15, 0.2) is 27.6 Å². The van der Waals surface area contributed by atoms with Crippen LogP contribution in [-0.2, 0) is 15.9 Å². The van der Waals surface area contributed by atoms with Crippen LogP contribution in [-0.4, -0.2) is 50.3 Å². The first-order chi connectivity index (χ1) is 9.90. The molecule has 118 valence electrons. The van der Waals surface area contributed by atoms with Crippen molar-refractivity contribution in [2.75, 3.05) is 26.7 Å². The van der Waals surface area contributed by atoms with Gasteiger partial charge in [-0.15, -0.1) is 11.6 Å². The van der Waals surface area contributed by atoms with Crippen molar-refractivity contribution >= 4 is 37.6 Å². The van der Waals surface area contributed by atoms with E-state index in [1.54, 1.807) is 22.5 Å². The summed E-state index contributed by atoms with van der Waals surface area (Å²) in [5, 5.41) is 0. The fraction of sp³-hybridized carbons (Fsp3) is 0.571. The van der Waals surface area contributed by atoms with Gasteiger partial charge in [-0.2, -0.15) is 4.31 Å². The molecule has 0 N–H and O–H groups in total. The Kier molecular flexibility index (Phi) is 5.71. The normalized spacial score (nSPS) is 21.6. The molecule has 0 radical (unpaired) electrons. The number of benzene rings is 1. The highest BCUT2D eigenvalue weighted by molar-refractivity contribution is 9.10. The predicted octanol–water partition coefficient (Wildman–Crippen LogP) is 2.90. The highest BCUT2D eigenvalue weighted by Crippen LogP contribution is 2.28. The lowest BCUT2D eigenvalue weighted by Gasteiger charge is -2.38. The van der Waals surface area contributed by atoms with Gasteiger partial charge in [-0.05, 0) is 47.1 Å². The molecule has 7 heteroatoms. The number of hydrogen-bond acceptors (Lipinski definition) is 3. The number of sulfonamides is 1. The molecule has 1 saturated heterocycles. The van der Waals surface area contributed by atoms with Gasteiger partial charge in [0, 0.05) is 36.0 Å². The number of piperazine rings is 1. The van der Waals surface area contributed by atoms with E-state index in [0.29, 0.717) is 28.3 Å². The van der Waals surface area contributed by atoms with Crippen LogP contribution in [0.5, 0.6) is 0 Å². The highest BCUT2D eigenvalue weighted by Gasteiger charge is 2.32. The van der Waals surface area contributed by atoms with Crippen molar-refractivity contribution in [3.63, 3.8) is 0 Å². The minimum Gasteiger partial charge on any atom is -0.301 e. The third kappa shape index (κ3) is 3.62. The maximum absolute atomic E-state index is 12.8. The first-order valence-electron chi connectivity index (χ1n) is 6.95. The van der Waals surface area contributed by atoms with Crippen LogP contribution < -0.4 is 0 Å². The summed E-state index contributed by atoms with van der Waals surface area (Å²) in [6.45, 7) is 3.91. The smallest absolute Gasteiger partial charge is 0.244 e. The van der Waals surface area contributed by atoms with Crippen LogP contribution in [0.3, 0.4) is 0 Å². The Morgan fingerprint density at radius 2 is 2.10 bits per heavy atom. The van der Waals surface area contributed by atoms with Crippen LogP contribution in [0.2, 0.25) is 0 Å². The molecule has 0 saturated carbocycles. The van der Waals surface area contributed by atoms with E-state index in [9.17, 15) is 8.42 Å². The van der Waals surface area contributed by atoms with E-state index in [0.717, 1.165) is 18.5 Å². The fourth-order valence-corrected chi connectivity index (χ4v) is 5.27. The van der Waals surface area contributed by atoms with Crippen molar-refractivity contribution in [2.45, 2.75) is 30.2 Å². The molecule has 1 unspecified atom stereocenters. The van der Waals surface area contributed by atoms with Gasteiger partial charge in [0.1, 0.15) is 0 Å². The van der Waals surface area contributed by atoms with Gasteiger partial charge >= 0.3 is 0 Å². The Labute approximate surface area is 140 Å². The van der Waals surface area contributed by atoms with Gasteiger partial charge in [0.25, 0.3) is 0 Å². The van der Waals surface area contributed by atoms with Gasteiger partial charge in [-0.25, -0.2) is 8.42 Å². The van der Waals surface area contributed by atoms with Crippen molar-refractivity contribution in [3.8, 4) is 0 Å². The minimum atomic E-state index is -3.47. The maximum atomic E-state index is 12.8. The first-order valence-corrected chi connectivity index (χ1v) is 9.71. The van der Waals surface area contributed by atoms with Crippen molar-refractivity contribution in [1.82, 2.24) is 9.21 Å². The summed E-state index contributed by atoms with van der Waals surface area (Å²) < 4.78 is 27.8.